The SMILES string of the molecule is CC1(C)C2=Cc3cc(N(c4ccccc4)c4ccccc4)c4cccc5c4c3C(C=C5)C2Oc2ccccc21.CC1(C)C2=Cc3ccc4c(-c5ccccc5)ccc5c4c3C(C=C5)C2Oc2ccccc21.CC1(C)C2=Cc3ccc4cccc5c4c3C(C=C5)C2Oc2ccccc21.CC1(C)C2=Cc3ccc4cccc5c4c3C(C=C5)C2Sc2ccccc21. The van der Waals surface area contributed by atoms with Crippen LogP contribution in [0.4, 0.5) is 17.1 Å². The number of hydrogen-bond donors (Lipinski definition) is 0. The predicted octanol–water partition coefficient (Wildman–Crippen LogP) is 30.2. The molecular formula is C118H93NO3S. The average Bonchev–Trinajstić information content (AvgIpc) is 0.719. The number of fused-ring (bicyclic) bond motifs is 12. The van der Waals surface area contributed by atoms with Crippen LogP contribution < -0.4 is 19.1 Å². The number of para-hydroxylation sites is 5. The number of rotatable bonds is 4. The van der Waals surface area contributed by atoms with Gasteiger partial charge in [0, 0.05) is 88.9 Å². The van der Waals surface area contributed by atoms with E-state index in [1.165, 1.54) is 171 Å². The topological polar surface area (TPSA) is 30.9 Å². The molecule has 15 aromatic carbocycles. The number of allylic oxidation sites excluding steroid dienone is 1. The standard InChI is InChI=1S/C37H29NO.C31H24O.C25H20O.C25H20S/c1-37(2)30-18-9-10-19-33(30)39-36-29-21-20-24-12-11-17-28-32(23-25(22-31(36)37)35(29)34(24)28)38(26-13-5-3-6-14-26)27-15-7-4-8-16-27;1-31(2)25-10-6-7-11-27(25)32-30-24-17-13-20-12-15-22(19-8-4-3-5-9-19)23-16-14-21(18-26(30)31)29(24)28(20)23;2*1-25(2)19-8-3-4-9-21(19)26-24-18-13-12-16-7-5-6-15-10-11-17(14-20(24)25)23(18)22(15)16/h3-23,29,36H,1-2H3;3-18,24,30H,1-2H3;2*3-14,18,24H,1-2H3. The van der Waals surface area contributed by atoms with Crippen LogP contribution in [-0.4, -0.2) is 23.6 Å². The monoisotopic (exact) mass is 1600 g/mol. The maximum Gasteiger partial charge on any atom is 0.131 e. The van der Waals surface area contributed by atoms with E-state index in [9.17, 15) is 0 Å². The van der Waals surface area contributed by atoms with Crippen molar-refractivity contribution in [3.63, 3.8) is 0 Å². The summed E-state index contributed by atoms with van der Waals surface area (Å²) in [6, 6.07) is 107. The van der Waals surface area contributed by atoms with E-state index >= 15 is 0 Å². The lowest BCUT2D eigenvalue weighted by Gasteiger charge is -2.46. The van der Waals surface area contributed by atoms with E-state index in [0.717, 1.165) is 28.6 Å². The minimum absolute atomic E-state index is 0.0135. The Balaban J connectivity index is 0.0000000937. The molecule has 8 unspecified atom stereocenters. The first kappa shape index (κ1) is 73.7. The summed E-state index contributed by atoms with van der Waals surface area (Å²) in [6.45, 7) is 18.8. The van der Waals surface area contributed by atoms with Gasteiger partial charge in [-0.25, -0.2) is 0 Å². The maximum atomic E-state index is 6.80. The number of benzene rings is 15. The Kier molecular flexibility index (Phi) is 16.6. The lowest BCUT2D eigenvalue weighted by molar-refractivity contribution is 0.181. The summed E-state index contributed by atoms with van der Waals surface area (Å²) in [6.07, 6.45) is 28.6. The molecule has 15 aromatic rings. The second-order valence-corrected chi connectivity index (χ2v) is 38.5. The highest BCUT2D eigenvalue weighted by molar-refractivity contribution is 8.00. The molecule has 0 saturated carbocycles. The van der Waals surface area contributed by atoms with E-state index in [2.05, 4.69) is 442 Å². The Hall–Kier alpha value is -13.2. The third-order valence-corrected chi connectivity index (χ3v) is 30.8. The van der Waals surface area contributed by atoms with Crippen molar-refractivity contribution in [1.82, 2.24) is 0 Å². The highest BCUT2D eigenvalue weighted by atomic mass is 32.2. The molecule has 123 heavy (non-hydrogen) atoms. The summed E-state index contributed by atoms with van der Waals surface area (Å²) >= 11 is 2.06. The first-order chi connectivity index (χ1) is 60.0. The van der Waals surface area contributed by atoms with Crippen LogP contribution in [0.1, 0.15) is 168 Å². The molecule has 594 valence electrons. The Bertz CT molecular complexity index is 7080. The molecule has 8 atom stereocenters. The summed E-state index contributed by atoms with van der Waals surface area (Å²) in [5, 5.41) is 11.4. The van der Waals surface area contributed by atoms with Crippen molar-refractivity contribution < 1.29 is 14.2 Å². The number of ether oxygens (including phenoxy) is 3. The molecule has 12 aliphatic rings. The summed E-state index contributed by atoms with van der Waals surface area (Å²) < 4.78 is 20.1. The fourth-order valence-corrected chi connectivity index (χ4v) is 25.0. The van der Waals surface area contributed by atoms with Crippen LogP contribution in [0.5, 0.6) is 17.2 Å². The Morgan fingerprint density at radius 2 is 0.659 bits per heavy atom. The molecule has 0 N–H and O–H groups in total. The van der Waals surface area contributed by atoms with E-state index in [4.69, 9.17) is 14.2 Å². The first-order valence-corrected chi connectivity index (χ1v) is 44.8. The molecule has 5 heteroatoms. The van der Waals surface area contributed by atoms with Gasteiger partial charge >= 0.3 is 0 Å². The van der Waals surface area contributed by atoms with Gasteiger partial charge in [-0.15, -0.1) is 11.8 Å². The van der Waals surface area contributed by atoms with E-state index in [0.29, 0.717) is 11.2 Å². The van der Waals surface area contributed by atoms with Crippen LogP contribution in [0, 0.1) is 0 Å². The molecule has 0 amide bonds. The highest BCUT2D eigenvalue weighted by Crippen LogP contribution is 2.62. The summed E-state index contributed by atoms with van der Waals surface area (Å²) in [4.78, 5) is 3.84. The normalized spacial score (nSPS) is 21.8. The second-order valence-electron chi connectivity index (χ2n) is 37.3. The molecule has 0 saturated heterocycles. The number of nitrogens with zero attached hydrogens (tertiary/aromatic N) is 1. The lowest BCUT2D eigenvalue weighted by Crippen LogP contribution is -2.42. The predicted molar refractivity (Wildman–Crippen MR) is 516 cm³/mol. The van der Waals surface area contributed by atoms with Gasteiger partial charge in [0.05, 0.1) is 5.69 Å². The van der Waals surface area contributed by atoms with Crippen LogP contribution in [0.2, 0.25) is 0 Å². The zero-order valence-electron chi connectivity index (χ0n) is 70.4. The van der Waals surface area contributed by atoms with Gasteiger partial charge in [-0.2, -0.15) is 0 Å². The van der Waals surface area contributed by atoms with Gasteiger partial charge in [-0.3, -0.25) is 0 Å². The third kappa shape index (κ3) is 11.2. The first-order valence-electron chi connectivity index (χ1n) is 43.9. The van der Waals surface area contributed by atoms with Gasteiger partial charge in [0.25, 0.3) is 0 Å². The van der Waals surface area contributed by atoms with Crippen molar-refractivity contribution in [1.29, 1.82) is 0 Å². The van der Waals surface area contributed by atoms with Gasteiger partial charge in [0.2, 0.25) is 0 Å². The number of thioether (sulfide) groups is 1. The summed E-state index contributed by atoms with van der Waals surface area (Å²) in [5.41, 5.74) is 33.3. The van der Waals surface area contributed by atoms with Crippen LogP contribution in [0.3, 0.4) is 0 Å². The molecule has 27 rings (SSSR count). The van der Waals surface area contributed by atoms with E-state index in [1.54, 1.807) is 5.57 Å². The van der Waals surface area contributed by atoms with Gasteiger partial charge in [0.1, 0.15) is 35.6 Å². The molecule has 4 aliphatic heterocycles. The van der Waals surface area contributed by atoms with Crippen molar-refractivity contribution in [3.8, 4) is 28.4 Å². The summed E-state index contributed by atoms with van der Waals surface area (Å²) in [7, 11) is 0. The van der Waals surface area contributed by atoms with Gasteiger partial charge in [0.15, 0.2) is 0 Å². The van der Waals surface area contributed by atoms with Crippen molar-refractivity contribution in [2.75, 3.05) is 4.90 Å². The van der Waals surface area contributed by atoms with Crippen LogP contribution in [0.15, 0.2) is 349 Å². The molecule has 0 radical (unpaired) electrons. The second kappa shape index (κ2) is 27.7. The van der Waals surface area contributed by atoms with Gasteiger partial charge in [-0.05, 0) is 198 Å². The third-order valence-electron chi connectivity index (χ3n) is 29.4. The minimum atomic E-state index is -0.129. The largest absolute Gasteiger partial charge is 0.485 e. The van der Waals surface area contributed by atoms with E-state index < -0.39 is 0 Å². The van der Waals surface area contributed by atoms with Crippen molar-refractivity contribution >= 4 is 121 Å². The smallest absolute Gasteiger partial charge is 0.131 e. The van der Waals surface area contributed by atoms with Crippen molar-refractivity contribution in [2.45, 2.75) is 129 Å². The molecule has 8 aliphatic carbocycles. The minimum Gasteiger partial charge on any atom is -0.485 e. The Morgan fingerprint density at radius 3 is 1.18 bits per heavy atom. The van der Waals surface area contributed by atoms with Gasteiger partial charge < -0.3 is 19.1 Å². The zero-order valence-corrected chi connectivity index (χ0v) is 71.2. The molecule has 4 heterocycles. The van der Waals surface area contributed by atoms with E-state index in [1.807, 2.05) is 0 Å². The fourth-order valence-electron chi connectivity index (χ4n) is 23.3. The average molecular weight is 1610 g/mol. The maximum absolute atomic E-state index is 6.80. The number of anilines is 3. The molecule has 0 fully saturated rings. The quantitative estimate of drug-likeness (QED) is 0.175. The van der Waals surface area contributed by atoms with Crippen LogP contribution >= 0.6 is 11.8 Å². The van der Waals surface area contributed by atoms with Crippen LogP contribution in [-0.2, 0) is 21.7 Å². The molecule has 0 bridgehead atoms. The van der Waals surface area contributed by atoms with Crippen molar-refractivity contribution in [2.24, 2.45) is 0 Å². The molecular weight excluding hydrogens is 1510 g/mol. The molecule has 0 spiro atoms. The van der Waals surface area contributed by atoms with Gasteiger partial charge in [-0.1, -0.05) is 371 Å². The Morgan fingerprint density at radius 1 is 0.285 bits per heavy atom. The lowest BCUT2D eigenvalue weighted by atomic mass is 9.65. The van der Waals surface area contributed by atoms with E-state index in [-0.39, 0.29) is 57.7 Å². The van der Waals surface area contributed by atoms with Crippen LogP contribution in [0.25, 0.3) is 103 Å². The Labute approximate surface area is 725 Å². The zero-order chi connectivity index (χ0) is 82.5. The number of hydrogen-bond acceptors (Lipinski definition) is 5. The fraction of sp³-hybridized carbons (Fsp3) is 0.169. The highest BCUT2D eigenvalue weighted by Gasteiger charge is 2.51. The molecule has 4 nitrogen and oxygen atoms in total. The van der Waals surface area contributed by atoms with Crippen molar-refractivity contribution in [3.05, 3.63) is 433 Å². The molecule has 0 aromatic heterocycles. The summed E-state index contributed by atoms with van der Waals surface area (Å²) in [5.74, 6) is 4.18.